The van der Waals surface area contributed by atoms with Crippen LogP contribution in [-0.4, -0.2) is 29.8 Å². The number of carbonyl (C=O) groups excluding carboxylic acids is 1. The van der Waals surface area contributed by atoms with Crippen LogP contribution < -0.4 is 11.5 Å². The van der Waals surface area contributed by atoms with Crippen molar-refractivity contribution in [3.8, 4) is 0 Å². The Hall–Kier alpha value is -1.40. The van der Waals surface area contributed by atoms with Gasteiger partial charge in [0, 0.05) is 18.6 Å². The first-order chi connectivity index (χ1) is 6.02. The van der Waals surface area contributed by atoms with Crippen molar-refractivity contribution in [3.63, 3.8) is 0 Å². The van der Waals surface area contributed by atoms with E-state index in [1.807, 2.05) is 0 Å². The third kappa shape index (κ3) is 8.51. The minimum absolute atomic E-state index is 0.0838. The molecule has 0 fully saturated rings. The second-order valence-corrected chi connectivity index (χ2v) is 2.29. The first-order valence-corrected chi connectivity index (χ1v) is 3.61. The highest BCUT2D eigenvalue weighted by molar-refractivity contribution is 5.90. The molecule has 0 heterocycles. The first kappa shape index (κ1) is 11.6. The van der Waals surface area contributed by atoms with Gasteiger partial charge in [0.05, 0.1) is 12.8 Å². The van der Waals surface area contributed by atoms with Crippen LogP contribution in [0.3, 0.4) is 0 Å². The largest absolute Gasteiger partial charge is 0.478 e. The van der Waals surface area contributed by atoms with Crippen molar-refractivity contribution in [1.82, 2.24) is 0 Å². The lowest BCUT2D eigenvalue weighted by Gasteiger charge is -2.04. The van der Waals surface area contributed by atoms with E-state index in [1.54, 1.807) is 0 Å². The Balaban J connectivity index is 3.58. The number of carboxylic acids is 1. The quantitative estimate of drug-likeness (QED) is 0.283. The highest BCUT2D eigenvalue weighted by atomic mass is 16.5. The van der Waals surface area contributed by atoms with Gasteiger partial charge in [-0.2, -0.15) is 0 Å². The molecule has 0 amide bonds. The van der Waals surface area contributed by atoms with Gasteiger partial charge in [-0.25, -0.2) is 9.59 Å². The van der Waals surface area contributed by atoms with Crippen molar-refractivity contribution in [2.24, 2.45) is 11.5 Å². The van der Waals surface area contributed by atoms with Crippen molar-refractivity contribution in [2.75, 3.05) is 6.61 Å². The van der Waals surface area contributed by atoms with Gasteiger partial charge in [0.15, 0.2) is 0 Å². The molecule has 0 saturated carbocycles. The smallest absolute Gasteiger partial charge is 0.331 e. The van der Waals surface area contributed by atoms with Crippen LogP contribution in [0, 0.1) is 0 Å². The SMILES string of the molecule is NC(N)CCOC(=O)/C=C\C(=O)O. The molecule has 0 aliphatic rings. The number of ether oxygens (including phenoxy) is 1. The molecule has 0 bridgehead atoms. The van der Waals surface area contributed by atoms with Crippen LogP contribution in [0.25, 0.3) is 0 Å². The fraction of sp³-hybridized carbons (Fsp3) is 0.429. The van der Waals surface area contributed by atoms with Gasteiger partial charge < -0.3 is 21.3 Å². The van der Waals surface area contributed by atoms with Gasteiger partial charge in [-0.15, -0.1) is 0 Å². The molecule has 0 aliphatic heterocycles. The van der Waals surface area contributed by atoms with Gasteiger partial charge in [0.2, 0.25) is 0 Å². The highest BCUT2D eigenvalue weighted by Gasteiger charge is 1.99. The van der Waals surface area contributed by atoms with Crippen LogP contribution in [0.2, 0.25) is 0 Å². The predicted octanol–water partition coefficient (Wildman–Crippen LogP) is -1.20. The summed E-state index contributed by atoms with van der Waals surface area (Å²) in [6, 6.07) is 0. The number of rotatable bonds is 5. The summed E-state index contributed by atoms with van der Waals surface area (Å²) in [5, 5.41) is 8.14. The van der Waals surface area contributed by atoms with Crippen LogP contribution >= 0.6 is 0 Å². The van der Waals surface area contributed by atoms with Crippen molar-refractivity contribution in [3.05, 3.63) is 12.2 Å². The summed E-state index contributed by atoms with van der Waals surface area (Å²) in [5.41, 5.74) is 10.4. The fourth-order valence-electron chi connectivity index (χ4n) is 0.483. The molecule has 6 nitrogen and oxygen atoms in total. The molecule has 74 valence electrons. The number of hydrogen-bond acceptors (Lipinski definition) is 5. The minimum Gasteiger partial charge on any atom is -0.478 e. The number of carbonyl (C=O) groups is 2. The summed E-state index contributed by atoms with van der Waals surface area (Å²) in [5.74, 6) is -1.92. The molecular formula is C7H12N2O4. The summed E-state index contributed by atoms with van der Waals surface area (Å²) in [7, 11) is 0. The maximum absolute atomic E-state index is 10.7. The third-order valence-electron chi connectivity index (χ3n) is 1.06. The number of nitrogens with two attached hydrogens (primary N) is 2. The molecular weight excluding hydrogens is 176 g/mol. The lowest BCUT2D eigenvalue weighted by Crippen LogP contribution is -2.31. The Bertz CT molecular complexity index is 213. The Morgan fingerprint density at radius 3 is 2.46 bits per heavy atom. The average Bonchev–Trinajstić information content (AvgIpc) is 2.00. The van der Waals surface area contributed by atoms with Gasteiger partial charge in [-0.3, -0.25) is 0 Å². The van der Waals surface area contributed by atoms with Crippen molar-refractivity contribution in [2.45, 2.75) is 12.6 Å². The first-order valence-electron chi connectivity index (χ1n) is 3.61. The molecule has 0 unspecified atom stereocenters. The molecule has 5 N–H and O–H groups in total. The number of carboxylic acid groups (broad SMARTS) is 1. The fourth-order valence-corrected chi connectivity index (χ4v) is 0.483. The van der Waals surface area contributed by atoms with Crippen LogP contribution in [0.5, 0.6) is 0 Å². The van der Waals surface area contributed by atoms with Crippen molar-refractivity contribution >= 4 is 11.9 Å². The highest BCUT2D eigenvalue weighted by Crippen LogP contribution is 1.86. The monoisotopic (exact) mass is 188 g/mol. The predicted molar refractivity (Wildman–Crippen MR) is 44.5 cm³/mol. The summed E-state index contributed by atoms with van der Waals surface area (Å²) >= 11 is 0. The second kappa shape index (κ2) is 6.15. The molecule has 6 heteroatoms. The molecule has 0 rings (SSSR count). The van der Waals surface area contributed by atoms with E-state index in [-0.39, 0.29) is 6.61 Å². The van der Waals surface area contributed by atoms with E-state index in [4.69, 9.17) is 16.6 Å². The van der Waals surface area contributed by atoms with Crippen molar-refractivity contribution in [1.29, 1.82) is 0 Å². The Kier molecular flexibility index (Phi) is 5.49. The van der Waals surface area contributed by atoms with Gasteiger partial charge in [-0.1, -0.05) is 0 Å². The molecule has 0 spiro atoms. The molecule has 0 aromatic carbocycles. The van der Waals surface area contributed by atoms with E-state index in [1.165, 1.54) is 0 Å². The van der Waals surface area contributed by atoms with Crippen LogP contribution in [0.1, 0.15) is 6.42 Å². The normalized spacial score (nSPS) is 10.7. The van der Waals surface area contributed by atoms with Gasteiger partial charge in [0.1, 0.15) is 0 Å². The van der Waals surface area contributed by atoms with E-state index >= 15 is 0 Å². The maximum atomic E-state index is 10.7. The van der Waals surface area contributed by atoms with Crippen LogP contribution in [0.15, 0.2) is 12.2 Å². The van der Waals surface area contributed by atoms with Crippen molar-refractivity contribution < 1.29 is 19.4 Å². The van der Waals surface area contributed by atoms with E-state index in [0.717, 1.165) is 6.08 Å². The summed E-state index contributed by atoms with van der Waals surface area (Å²) in [6.07, 6.45) is 1.33. The lowest BCUT2D eigenvalue weighted by atomic mass is 10.4. The molecule has 0 aromatic rings. The zero-order valence-corrected chi connectivity index (χ0v) is 6.97. The molecule has 0 aromatic heterocycles. The molecule has 0 aliphatic carbocycles. The van der Waals surface area contributed by atoms with E-state index in [9.17, 15) is 9.59 Å². The summed E-state index contributed by atoms with van der Waals surface area (Å²) in [4.78, 5) is 20.6. The molecule has 13 heavy (non-hydrogen) atoms. The van der Waals surface area contributed by atoms with Gasteiger partial charge in [-0.05, 0) is 0 Å². The Morgan fingerprint density at radius 2 is 2.00 bits per heavy atom. The van der Waals surface area contributed by atoms with E-state index < -0.39 is 18.1 Å². The zero-order chi connectivity index (χ0) is 10.3. The summed E-state index contributed by atoms with van der Waals surface area (Å²) < 4.78 is 4.55. The molecule has 0 atom stereocenters. The topological polar surface area (TPSA) is 116 Å². The zero-order valence-electron chi connectivity index (χ0n) is 6.97. The maximum Gasteiger partial charge on any atom is 0.331 e. The van der Waals surface area contributed by atoms with Crippen LogP contribution in [-0.2, 0) is 14.3 Å². The number of aliphatic carboxylic acids is 1. The number of hydrogen-bond donors (Lipinski definition) is 3. The molecule has 0 saturated heterocycles. The van der Waals surface area contributed by atoms with Crippen LogP contribution in [0.4, 0.5) is 0 Å². The van der Waals surface area contributed by atoms with E-state index in [0.29, 0.717) is 12.5 Å². The van der Waals surface area contributed by atoms with Gasteiger partial charge >= 0.3 is 11.9 Å². The second-order valence-electron chi connectivity index (χ2n) is 2.29. The summed E-state index contributed by atoms with van der Waals surface area (Å²) in [6.45, 7) is 0.0838. The number of esters is 1. The lowest BCUT2D eigenvalue weighted by molar-refractivity contribution is -0.138. The van der Waals surface area contributed by atoms with E-state index in [2.05, 4.69) is 4.74 Å². The van der Waals surface area contributed by atoms with Gasteiger partial charge in [0.25, 0.3) is 0 Å². The molecule has 0 radical (unpaired) electrons. The standard InChI is InChI=1S/C7H12N2O4/c8-5(9)3-4-13-7(12)2-1-6(10)11/h1-2,5H,3-4,8-9H2,(H,10,11)/b2-1-. The third-order valence-corrected chi connectivity index (χ3v) is 1.06. The Morgan fingerprint density at radius 1 is 1.38 bits per heavy atom. The minimum atomic E-state index is -1.20. The Labute approximate surface area is 75.1 Å². The average molecular weight is 188 g/mol.